The average molecular weight is 289 g/mol. The SMILES string of the molecule is CC(C)=CCC/C(C)=C/CC([O])/C=C(\C)CCC=C(C)C. The second-order valence-electron chi connectivity index (χ2n) is 6.48. The Kier molecular flexibility index (Phi) is 11.0. The zero-order chi connectivity index (χ0) is 16.3. The number of hydrogen-bond acceptors (Lipinski definition) is 0. The molecule has 1 radical (unpaired) electrons. The minimum Gasteiger partial charge on any atom is -0.228 e. The average Bonchev–Trinajstić information content (AvgIpc) is 2.35. The summed E-state index contributed by atoms with van der Waals surface area (Å²) in [5.41, 5.74) is 5.24. The summed E-state index contributed by atoms with van der Waals surface area (Å²) < 4.78 is 0. The summed E-state index contributed by atoms with van der Waals surface area (Å²) in [7, 11) is 0. The fourth-order valence-corrected chi connectivity index (χ4v) is 2.07. The van der Waals surface area contributed by atoms with Crippen LogP contribution in [-0.2, 0) is 5.11 Å². The predicted octanol–water partition coefficient (Wildman–Crippen LogP) is 6.56. The van der Waals surface area contributed by atoms with Crippen molar-refractivity contribution in [2.75, 3.05) is 0 Å². The van der Waals surface area contributed by atoms with E-state index in [0.29, 0.717) is 6.42 Å². The van der Waals surface area contributed by atoms with Gasteiger partial charge in [0.1, 0.15) is 6.10 Å². The van der Waals surface area contributed by atoms with Gasteiger partial charge in [0.2, 0.25) is 0 Å². The smallest absolute Gasteiger partial charge is 0.115 e. The van der Waals surface area contributed by atoms with Gasteiger partial charge in [0.15, 0.2) is 0 Å². The van der Waals surface area contributed by atoms with Crippen LogP contribution in [0.25, 0.3) is 0 Å². The molecule has 0 saturated carbocycles. The van der Waals surface area contributed by atoms with Gasteiger partial charge < -0.3 is 0 Å². The highest BCUT2D eigenvalue weighted by Crippen LogP contribution is 2.12. The molecule has 0 spiro atoms. The summed E-state index contributed by atoms with van der Waals surface area (Å²) in [4.78, 5) is 0. The lowest BCUT2D eigenvalue weighted by molar-refractivity contribution is 0.131. The van der Waals surface area contributed by atoms with Gasteiger partial charge >= 0.3 is 0 Å². The molecule has 0 N–H and O–H groups in total. The van der Waals surface area contributed by atoms with E-state index in [9.17, 15) is 5.11 Å². The maximum atomic E-state index is 12.0. The van der Waals surface area contributed by atoms with Gasteiger partial charge in [0.25, 0.3) is 0 Å². The quantitative estimate of drug-likeness (QED) is 0.428. The zero-order valence-electron chi connectivity index (χ0n) is 14.8. The molecule has 0 aliphatic rings. The van der Waals surface area contributed by atoms with Crippen LogP contribution in [0.15, 0.2) is 46.6 Å². The fourth-order valence-electron chi connectivity index (χ4n) is 2.07. The molecular weight excluding hydrogens is 256 g/mol. The summed E-state index contributed by atoms with van der Waals surface area (Å²) in [5.74, 6) is 0. The molecular formula is C20H33O. The van der Waals surface area contributed by atoms with E-state index in [2.05, 4.69) is 59.8 Å². The van der Waals surface area contributed by atoms with Gasteiger partial charge in [-0.2, -0.15) is 0 Å². The van der Waals surface area contributed by atoms with Gasteiger partial charge in [-0.25, -0.2) is 5.11 Å². The van der Waals surface area contributed by atoms with Crippen molar-refractivity contribution in [3.63, 3.8) is 0 Å². The molecule has 0 aliphatic heterocycles. The zero-order valence-corrected chi connectivity index (χ0v) is 14.8. The Bertz CT molecular complexity index is 400. The van der Waals surface area contributed by atoms with Crippen molar-refractivity contribution in [2.24, 2.45) is 0 Å². The van der Waals surface area contributed by atoms with Crippen LogP contribution in [0.4, 0.5) is 0 Å². The predicted molar refractivity (Wildman–Crippen MR) is 93.9 cm³/mol. The van der Waals surface area contributed by atoms with Gasteiger partial charge in [0, 0.05) is 0 Å². The van der Waals surface area contributed by atoms with Gasteiger partial charge in [-0.05, 0) is 73.6 Å². The van der Waals surface area contributed by atoms with Crippen LogP contribution in [0.3, 0.4) is 0 Å². The Morgan fingerprint density at radius 2 is 1.24 bits per heavy atom. The van der Waals surface area contributed by atoms with Crippen LogP contribution >= 0.6 is 0 Å². The summed E-state index contributed by atoms with van der Waals surface area (Å²) in [5, 5.41) is 12.0. The van der Waals surface area contributed by atoms with Crippen molar-refractivity contribution in [1.82, 2.24) is 0 Å². The summed E-state index contributed by atoms with van der Waals surface area (Å²) >= 11 is 0. The minimum atomic E-state index is -0.602. The first kappa shape index (κ1) is 19.9. The summed E-state index contributed by atoms with van der Waals surface area (Å²) in [6, 6.07) is 0. The number of allylic oxidation sites excluding steroid dienone is 6. The largest absolute Gasteiger partial charge is 0.228 e. The highest BCUT2D eigenvalue weighted by atomic mass is 16.3. The molecule has 1 atom stereocenters. The van der Waals surface area contributed by atoms with Crippen molar-refractivity contribution in [3.05, 3.63) is 46.6 Å². The highest BCUT2D eigenvalue weighted by Gasteiger charge is 2.01. The third kappa shape index (κ3) is 13.7. The van der Waals surface area contributed by atoms with Crippen molar-refractivity contribution in [1.29, 1.82) is 0 Å². The molecule has 0 bridgehead atoms. The van der Waals surface area contributed by atoms with E-state index in [0.717, 1.165) is 25.7 Å². The van der Waals surface area contributed by atoms with Gasteiger partial charge in [-0.3, -0.25) is 0 Å². The lowest BCUT2D eigenvalue weighted by Gasteiger charge is -2.04. The molecule has 0 heterocycles. The topological polar surface area (TPSA) is 19.9 Å². The Morgan fingerprint density at radius 1 is 0.762 bits per heavy atom. The number of rotatable bonds is 9. The maximum Gasteiger partial charge on any atom is 0.115 e. The third-order valence-electron chi connectivity index (χ3n) is 3.35. The van der Waals surface area contributed by atoms with Gasteiger partial charge in [-0.15, -0.1) is 0 Å². The van der Waals surface area contributed by atoms with Crippen LogP contribution in [-0.4, -0.2) is 6.10 Å². The third-order valence-corrected chi connectivity index (χ3v) is 3.35. The van der Waals surface area contributed by atoms with Gasteiger partial charge in [0.05, 0.1) is 0 Å². The van der Waals surface area contributed by atoms with E-state index in [1.807, 2.05) is 6.08 Å². The number of hydrogen-bond donors (Lipinski definition) is 0. The molecule has 119 valence electrons. The van der Waals surface area contributed by atoms with E-state index in [-0.39, 0.29) is 0 Å². The first-order valence-corrected chi connectivity index (χ1v) is 8.06. The van der Waals surface area contributed by atoms with E-state index >= 15 is 0 Å². The van der Waals surface area contributed by atoms with Gasteiger partial charge in [-0.1, -0.05) is 46.6 Å². The van der Waals surface area contributed by atoms with E-state index < -0.39 is 6.10 Å². The van der Waals surface area contributed by atoms with Crippen molar-refractivity contribution in [3.8, 4) is 0 Å². The van der Waals surface area contributed by atoms with Crippen LogP contribution < -0.4 is 0 Å². The molecule has 0 aromatic rings. The van der Waals surface area contributed by atoms with E-state index in [4.69, 9.17) is 0 Å². The first-order chi connectivity index (χ1) is 9.81. The molecule has 0 saturated heterocycles. The van der Waals surface area contributed by atoms with Crippen molar-refractivity contribution < 1.29 is 5.11 Å². The first-order valence-electron chi connectivity index (χ1n) is 8.06. The molecule has 0 amide bonds. The Morgan fingerprint density at radius 3 is 1.71 bits per heavy atom. The lowest BCUT2D eigenvalue weighted by Crippen LogP contribution is -1.99. The van der Waals surface area contributed by atoms with Crippen molar-refractivity contribution in [2.45, 2.75) is 79.8 Å². The standard InChI is InChI=1S/C20H33O/c1-16(2)9-7-11-18(5)13-14-20(21)15-19(6)12-8-10-17(3)4/h9-10,13,15,20H,7-8,11-12,14H2,1-6H3/b18-13+,19-15+. The molecule has 0 aromatic heterocycles. The van der Waals surface area contributed by atoms with E-state index in [1.54, 1.807) is 0 Å². The van der Waals surface area contributed by atoms with Crippen molar-refractivity contribution >= 4 is 0 Å². The molecule has 0 aliphatic carbocycles. The Labute approximate surface area is 132 Å². The van der Waals surface area contributed by atoms with Crippen LogP contribution in [0.2, 0.25) is 0 Å². The highest BCUT2D eigenvalue weighted by molar-refractivity contribution is 5.08. The monoisotopic (exact) mass is 289 g/mol. The molecule has 0 fully saturated rings. The van der Waals surface area contributed by atoms with Crippen LogP contribution in [0.1, 0.15) is 73.6 Å². The fraction of sp³-hybridized carbons (Fsp3) is 0.600. The normalized spacial score (nSPS) is 13.9. The molecule has 0 aromatic carbocycles. The second-order valence-corrected chi connectivity index (χ2v) is 6.48. The lowest BCUT2D eigenvalue weighted by atomic mass is 10.0. The molecule has 21 heavy (non-hydrogen) atoms. The van der Waals surface area contributed by atoms with Crippen LogP contribution in [0.5, 0.6) is 0 Å². The van der Waals surface area contributed by atoms with Crippen LogP contribution in [0, 0.1) is 0 Å². The van der Waals surface area contributed by atoms with E-state index in [1.165, 1.54) is 22.3 Å². The Balaban J connectivity index is 4.14. The maximum absolute atomic E-state index is 12.0. The summed E-state index contributed by atoms with van der Waals surface area (Å²) in [6.07, 6.45) is 12.6. The molecule has 1 heteroatoms. The minimum absolute atomic E-state index is 0.602. The molecule has 0 rings (SSSR count). The molecule has 1 nitrogen and oxygen atoms in total. The molecule has 1 unspecified atom stereocenters. The Hall–Kier alpha value is -1.08. The second kappa shape index (κ2) is 11.6. The summed E-state index contributed by atoms with van der Waals surface area (Å²) in [6.45, 7) is 12.6.